The van der Waals surface area contributed by atoms with E-state index in [0.29, 0.717) is 18.5 Å². The number of carbonyl (C=O) groups excluding carboxylic acids is 2. The smallest absolute Gasteiger partial charge is 0.303 e. The van der Waals surface area contributed by atoms with Crippen LogP contribution in [0.4, 0.5) is 0 Å². The van der Waals surface area contributed by atoms with E-state index in [-0.39, 0.29) is 29.5 Å². The molecule has 9 rings (SSSR count). The van der Waals surface area contributed by atoms with E-state index in [1.54, 1.807) is 13.2 Å². The Labute approximate surface area is 325 Å². The number of ether oxygens (including phenoxy) is 1. The lowest BCUT2D eigenvalue weighted by atomic mass is 9.81. The summed E-state index contributed by atoms with van der Waals surface area (Å²) in [6.45, 7) is 1.41. The molecule has 0 spiro atoms. The minimum atomic E-state index is -3.98. The highest BCUT2D eigenvalue weighted by Gasteiger charge is 2.65. The Kier molecular flexibility index (Phi) is 9.13. The maximum absolute atomic E-state index is 15.4. The van der Waals surface area contributed by atoms with E-state index in [1.807, 2.05) is 18.2 Å². The van der Waals surface area contributed by atoms with E-state index < -0.39 is 21.5 Å². The Morgan fingerprint density at radius 3 is 2.33 bits per heavy atom. The van der Waals surface area contributed by atoms with Crippen molar-refractivity contribution in [2.24, 2.45) is 5.41 Å². The molecule has 3 aromatic carbocycles. The molecule has 5 aliphatic rings. The third-order valence-corrected chi connectivity index (χ3v) is 15.2. The van der Waals surface area contributed by atoms with Gasteiger partial charge >= 0.3 is 10.2 Å². The second-order valence-corrected chi connectivity index (χ2v) is 19.0. The number of nitrogens with zero attached hydrogens (tertiary/aromatic N) is 4. The molecule has 1 aromatic heterocycles. The Balaban J connectivity index is 1.13. The molecule has 4 unspecified atom stereocenters. The molecule has 3 aliphatic heterocycles. The summed E-state index contributed by atoms with van der Waals surface area (Å²) in [4.78, 5) is 33.8. The molecule has 2 saturated carbocycles. The van der Waals surface area contributed by atoms with Gasteiger partial charge in [0.25, 0.3) is 5.91 Å². The molecule has 4 aromatic rings. The predicted octanol–water partition coefficient (Wildman–Crippen LogP) is 7.04. The summed E-state index contributed by atoms with van der Waals surface area (Å²) in [5, 5.41) is 1.08. The van der Waals surface area contributed by atoms with Crippen molar-refractivity contribution in [1.29, 1.82) is 0 Å². The van der Waals surface area contributed by atoms with Gasteiger partial charge in [0, 0.05) is 73.3 Å². The quantitative estimate of drug-likeness (QED) is 0.196. The fraction of sp³-hybridized carbons (Fsp3) is 0.500. The van der Waals surface area contributed by atoms with Crippen LogP contribution in [-0.2, 0) is 28.1 Å². The first-order valence-corrected chi connectivity index (χ1v) is 21.6. The second kappa shape index (κ2) is 13.8. The summed E-state index contributed by atoms with van der Waals surface area (Å²) in [5.74, 6) is 0.784. The van der Waals surface area contributed by atoms with Crippen molar-refractivity contribution in [3.8, 4) is 17.0 Å². The minimum Gasteiger partial charge on any atom is -0.497 e. The number of carbonyl (C=O) groups is 2. The van der Waals surface area contributed by atoms with Crippen LogP contribution in [0.2, 0.25) is 0 Å². The number of hydrogen-bond donors (Lipinski definition) is 1. The standard InChI is InChI=1S/C44H53N5O5S/c1-46(2)55(52,53)45-42(50)30-15-19-36-39(21-30)48-27-44(43(51)49-31-16-17-32(49)23-33(22-31)47(3)26-28-11-7-5-8-12-28)25-38(44)37-24-34(54-4)18-20-35(37)41(48)40(36)29-13-9-6-10-14-29/h5,7-8,11-12,15,18-21,24,29,31-33,38H,6,9-10,13-14,16-17,22-23,25-27H2,1-4H3,(H,45,50). The molecule has 2 saturated heterocycles. The largest absolute Gasteiger partial charge is 0.497 e. The summed E-state index contributed by atoms with van der Waals surface area (Å²) in [6, 6.07) is 23.5. The maximum Gasteiger partial charge on any atom is 0.303 e. The number of benzene rings is 3. The first kappa shape index (κ1) is 36.4. The summed E-state index contributed by atoms with van der Waals surface area (Å²) < 4.78 is 36.8. The fourth-order valence-corrected chi connectivity index (χ4v) is 11.3. The first-order valence-electron chi connectivity index (χ1n) is 20.1. The van der Waals surface area contributed by atoms with Gasteiger partial charge in [-0.3, -0.25) is 14.5 Å². The first-order chi connectivity index (χ1) is 26.5. The van der Waals surface area contributed by atoms with E-state index >= 15 is 4.79 Å². The van der Waals surface area contributed by atoms with Crippen LogP contribution in [-0.4, -0.2) is 85.3 Å². The summed E-state index contributed by atoms with van der Waals surface area (Å²) in [7, 11) is 2.74. The summed E-state index contributed by atoms with van der Waals surface area (Å²) >= 11 is 0. The lowest BCUT2D eigenvalue weighted by molar-refractivity contribution is -0.143. The van der Waals surface area contributed by atoms with Gasteiger partial charge in [0.2, 0.25) is 5.91 Å². The van der Waals surface area contributed by atoms with Crippen LogP contribution < -0.4 is 9.46 Å². The Bertz CT molecular complexity index is 2250. The molecule has 2 amide bonds. The zero-order valence-corrected chi connectivity index (χ0v) is 33.3. The number of piperidine rings is 1. The average molecular weight is 764 g/mol. The van der Waals surface area contributed by atoms with Crippen molar-refractivity contribution in [2.45, 2.75) is 107 Å². The number of fused-ring (bicyclic) bond motifs is 9. The molecule has 10 nitrogen and oxygen atoms in total. The van der Waals surface area contributed by atoms with Crippen molar-refractivity contribution >= 4 is 32.9 Å². The molecule has 0 radical (unpaired) electrons. The van der Waals surface area contributed by atoms with Crippen molar-refractivity contribution in [2.75, 3.05) is 28.3 Å². The Morgan fingerprint density at radius 2 is 1.64 bits per heavy atom. The molecule has 11 heteroatoms. The zero-order valence-electron chi connectivity index (χ0n) is 32.5. The molecule has 1 N–H and O–H groups in total. The molecule has 55 heavy (non-hydrogen) atoms. The molecular weight excluding hydrogens is 711 g/mol. The molecule has 2 bridgehead atoms. The van der Waals surface area contributed by atoms with Crippen molar-refractivity contribution < 1.29 is 22.7 Å². The number of aromatic nitrogens is 1. The number of rotatable bonds is 9. The van der Waals surface area contributed by atoms with E-state index in [1.165, 1.54) is 50.0 Å². The predicted molar refractivity (Wildman–Crippen MR) is 214 cm³/mol. The van der Waals surface area contributed by atoms with Gasteiger partial charge < -0.3 is 14.2 Å². The Hall–Kier alpha value is -4.19. The average Bonchev–Trinajstić information content (AvgIpc) is 3.78. The maximum atomic E-state index is 15.4. The van der Waals surface area contributed by atoms with E-state index in [4.69, 9.17) is 4.74 Å². The van der Waals surface area contributed by atoms with Gasteiger partial charge in [0.1, 0.15) is 5.75 Å². The zero-order chi connectivity index (χ0) is 38.2. The third kappa shape index (κ3) is 6.17. The number of hydrogen-bond acceptors (Lipinski definition) is 6. The normalized spacial score (nSPS) is 26.0. The molecule has 4 heterocycles. The number of amides is 2. The summed E-state index contributed by atoms with van der Waals surface area (Å²) in [6.07, 6.45) is 10.5. The highest BCUT2D eigenvalue weighted by molar-refractivity contribution is 7.87. The minimum absolute atomic E-state index is 0.0499. The van der Waals surface area contributed by atoms with Crippen LogP contribution >= 0.6 is 0 Å². The van der Waals surface area contributed by atoms with Crippen LogP contribution in [0, 0.1) is 5.41 Å². The Morgan fingerprint density at radius 1 is 0.909 bits per heavy atom. The van der Waals surface area contributed by atoms with Gasteiger partial charge in [-0.05, 0) is 105 Å². The lowest BCUT2D eigenvalue weighted by Gasteiger charge is -2.44. The monoisotopic (exact) mass is 763 g/mol. The van der Waals surface area contributed by atoms with Gasteiger partial charge in [0.05, 0.1) is 18.2 Å². The van der Waals surface area contributed by atoms with Crippen molar-refractivity contribution in [3.63, 3.8) is 0 Å². The van der Waals surface area contributed by atoms with Crippen LogP contribution in [0.15, 0.2) is 66.7 Å². The third-order valence-electron chi connectivity index (χ3n) is 13.8. The SMILES string of the molecule is COc1ccc2c(c1)C1CC1(C(=O)N1C3CCC1CC(N(C)Cc1ccccc1)C3)Cn1c-2c(C2CCCCC2)c2ccc(C(=O)NS(=O)(=O)N(C)C)cc21. The van der Waals surface area contributed by atoms with Gasteiger partial charge in [-0.15, -0.1) is 0 Å². The molecule has 2 aliphatic carbocycles. The van der Waals surface area contributed by atoms with Gasteiger partial charge in [-0.2, -0.15) is 12.7 Å². The van der Waals surface area contributed by atoms with Crippen LogP contribution in [0.1, 0.15) is 103 Å². The van der Waals surface area contributed by atoms with E-state index in [9.17, 15) is 13.2 Å². The second-order valence-electron chi connectivity index (χ2n) is 17.1. The number of nitrogens with one attached hydrogen (secondary N) is 1. The molecule has 290 valence electrons. The van der Waals surface area contributed by atoms with Crippen LogP contribution in [0.3, 0.4) is 0 Å². The topological polar surface area (TPSA) is 104 Å². The highest BCUT2D eigenvalue weighted by atomic mass is 32.2. The van der Waals surface area contributed by atoms with Gasteiger partial charge in [-0.1, -0.05) is 55.7 Å². The van der Waals surface area contributed by atoms with Crippen LogP contribution in [0.5, 0.6) is 5.75 Å². The lowest BCUT2D eigenvalue weighted by Crippen LogP contribution is -2.54. The molecule has 4 atom stereocenters. The van der Waals surface area contributed by atoms with Crippen molar-refractivity contribution in [1.82, 2.24) is 23.4 Å². The summed E-state index contributed by atoms with van der Waals surface area (Å²) in [5.41, 5.74) is 6.59. The fourth-order valence-electron chi connectivity index (χ4n) is 10.8. The van der Waals surface area contributed by atoms with Gasteiger partial charge in [-0.25, -0.2) is 4.72 Å². The number of methoxy groups -OCH3 is 1. The van der Waals surface area contributed by atoms with Gasteiger partial charge in [0.15, 0.2) is 0 Å². The highest BCUT2D eigenvalue weighted by Crippen LogP contribution is 2.67. The molecular formula is C44H53N5O5S. The van der Waals surface area contributed by atoms with Crippen molar-refractivity contribution in [3.05, 3.63) is 89.0 Å². The van der Waals surface area contributed by atoms with Crippen LogP contribution in [0.25, 0.3) is 22.2 Å². The van der Waals surface area contributed by atoms with E-state index in [0.717, 1.165) is 83.7 Å². The molecule has 4 fully saturated rings. The van der Waals surface area contributed by atoms with E-state index in [2.05, 4.69) is 68.6 Å².